The predicted molar refractivity (Wildman–Crippen MR) is 67.7 cm³/mol. The lowest BCUT2D eigenvalue weighted by Crippen LogP contribution is -2.17. The molecule has 2 aromatic rings. The molecule has 0 saturated heterocycles. The zero-order valence-electron chi connectivity index (χ0n) is 10.3. The molecule has 0 unspecified atom stereocenters. The Kier molecular flexibility index (Phi) is 3.88. The number of hydrogen-bond acceptors (Lipinski definition) is 3. The van der Waals surface area contributed by atoms with Crippen molar-refractivity contribution in [3.63, 3.8) is 0 Å². The largest absolute Gasteiger partial charge is 0.310 e. The number of aryl methyl sites for hydroxylation is 1. The molecule has 0 bridgehead atoms. The molecule has 1 aromatic carbocycles. The van der Waals surface area contributed by atoms with Gasteiger partial charge < -0.3 is 5.32 Å². The molecular formula is C13H18N4. The number of hydrogen-bond donors (Lipinski definition) is 1. The molecule has 1 heterocycles. The molecule has 0 radical (unpaired) electrons. The highest BCUT2D eigenvalue weighted by molar-refractivity contribution is 5.22. The van der Waals surface area contributed by atoms with Crippen molar-refractivity contribution >= 4 is 0 Å². The average molecular weight is 230 g/mol. The lowest BCUT2D eigenvalue weighted by Gasteiger charge is -2.07. The molecule has 0 aliphatic rings. The number of nitrogens with one attached hydrogen (secondary N) is 1. The van der Waals surface area contributed by atoms with Crippen LogP contribution in [0.15, 0.2) is 30.6 Å². The Morgan fingerprint density at radius 3 is 3.00 bits per heavy atom. The van der Waals surface area contributed by atoms with Crippen molar-refractivity contribution in [1.82, 2.24) is 20.1 Å². The fourth-order valence-electron chi connectivity index (χ4n) is 1.78. The van der Waals surface area contributed by atoms with Gasteiger partial charge in [0.1, 0.15) is 12.2 Å². The van der Waals surface area contributed by atoms with E-state index in [1.165, 1.54) is 11.1 Å². The van der Waals surface area contributed by atoms with Crippen LogP contribution in [0.4, 0.5) is 0 Å². The maximum Gasteiger partial charge on any atom is 0.141 e. The van der Waals surface area contributed by atoms with Gasteiger partial charge in [-0.25, -0.2) is 9.67 Å². The Labute approximate surface area is 102 Å². The second-order valence-electron chi connectivity index (χ2n) is 4.10. The summed E-state index contributed by atoms with van der Waals surface area (Å²) in [6.07, 6.45) is 1.61. The zero-order chi connectivity index (χ0) is 12.1. The van der Waals surface area contributed by atoms with Crippen molar-refractivity contribution in [1.29, 1.82) is 0 Å². The van der Waals surface area contributed by atoms with Crippen LogP contribution in [0.2, 0.25) is 0 Å². The number of nitrogens with zero attached hydrogens (tertiary/aromatic N) is 3. The molecule has 4 heteroatoms. The number of aromatic nitrogens is 3. The maximum absolute atomic E-state index is 4.26. The molecule has 90 valence electrons. The molecule has 1 aromatic heterocycles. The summed E-state index contributed by atoms with van der Waals surface area (Å²) in [4.78, 5) is 4.26. The minimum absolute atomic E-state index is 0.766. The highest BCUT2D eigenvalue weighted by Crippen LogP contribution is 2.06. The van der Waals surface area contributed by atoms with E-state index in [1.54, 1.807) is 6.33 Å². The molecule has 0 spiro atoms. The molecule has 0 aliphatic heterocycles. The predicted octanol–water partition coefficient (Wildman–Crippen LogP) is 1.74. The number of benzene rings is 1. The van der Waals surface area contributed by atoms with E-state index in [0.29, 0.717) is 0 Å². The van der Waals surface area contributed by atoms with Gasteiger partial charge in [-0.15, -0.1) is 0 Å². The molecule has 17 heavy (non-hydrogen) atoms. The summed E-state index contributed by atoms with van der Waals surface area (Å²) in [5.41, 5.74) is 2.53. The fraction of sp³-hybridized carbons (Fsp3) is 0.385. The van der Waals surface area contributed by atoms with Gasteiger partial charge in [-0.1, -0.05) is 36.8 Å². The van der Waals surface area contributed by atoms with Crippen molar-refractivity contribution in [3.05, 3.63) is 47.5 Å². The molecular weight excluding hydrogens is 212 g/mol. The van der Waals surface area contributed by atoms with E-state index in [9.17, 15) is 0 Å². The Balaban J connectivity index is 2.10. The Morgan fingerprint density at radius 2 is 2.24 bits per heavy atom. The molecule has 0 fully saturated rings. The van der Waals surface area contributed by atoms with Crippen LogP contribution in [0.1, 0.15) is 23.9 Å². The first-order valence-corrected chi connectivity index (χ1v) is 5.92. The van der Waals surface area contributed by atoms with Crippen LogP contribution >= 0.6 is 0 Å². The van der Waals surface area contributed by atoms with Gasteiger partial charge in [0.05, 0.1) is 13.1 Å². The van der Waals surface area contributed by atoms with E-state index in [2.05, 4.69) is 53.5 Å². The normalized spacial score (nSPS) is 10.7. The molecule has 0 atom stereocenters. The highest BCUT2D eigenvalue weighted by atomic mass is 15.3. The van der Waals surface area contributed by atoms with Gasteiger partial charge >= 0.3 is 0 Å². The molecule has 0 saturated carbocycles. The van der Waals surface area contributed by atoms with Gasteiger partial charge in [0.2, 0.25) is 0 Å². The summed E-state index contributed by atoms with van der Waals surface area (Å²) in [7, 11) is 0. The number of rotatable bonds is 5. The first-order valence-electron chi connectivity index (χ1n) is 5.92. The van der Waals surface area contributed by atoms with Gasteiger partial charge in [-0.05, 0) is 19.0 Å². The van der Waals surface area contributed by atoms with Crippen LogP contribution in [0.25, 0.3) is 0 Å². The van der Waals surface area contributed by atoms with Gasteiger partial charge in [0.25, 0.3) is 0 Å². The van der Waals surface area contributed by atoms with Gasteiger partial charge in [0, 0.05) is 0 Å². The van der Waals surface area contributed by atoms with Gasteiger partial charge in [0.15, 0.2) is 0 Å². The molecule has 0 aliphatic carbocycles. The second kappa shape index (κ2) is 5.59. The Bertz CT molecular complexity index is 476. The summed E-state index contributed by atoms with van der Waals surface area (Å²) < 4.78 is 1.94. The van der Waals surface area contributed by atoms with Crippen molar-refractivity contribution in [3.8, 4) is 0 Å². The van der Waals surface area contributed by atoms with E-state index in [0.717, 1.165) is 25.5 Å². The second-order valence-corrected chi connectivity index (χ2v) is 4.10. The van der Waals surface area contributed by atoms with E-state index in [1.807, 2.05) is 4.68 Å². The lowest BCUT2D eigenvalue weighted by molar-refractivity contribution is 0.595. The standard InChI is InChI=1S/C13H18N4/c1-3-14-8-13-15-10-16-17(13)9-12-6-4-5-11(2)7-12/h4-7,10,14H,3,8-9H2,1-2H3. The monoisotopic (exact) mass is 230 g/mol. The third-order valence-corrected chi connectivity index (χ3v) is 2.64. The Hall–Kier alpha value is -1.68. The minimum atomic E-state index is 0.766. The van der Waals surface area contributed by atoms with E-state index >= 15 is 0 Å². The van der Waals surface area contributed by atoms with Crippen molar-refractivity contribution < 1.29 is 0 Å². The third-order valence-electron chi connectivity index (χ3n) is 2.64. The SMILES string of the molecule is CCNCc1ncnn1Cc1cccc(C)c1. The minimum Gasteiger partial charge on any atom is -0.310 e. The van der Waals surface area contributed by atoms with Crippen LogP contribution in [0.5, 0.6) is 0 Å². The zero-order valence-corrected chi connectivity index (χ0v) is 10.3. The van der Waals surface area contributed by atoms with E-state index in [-0.39, 0.29) is 0 Å². The molecule has 4 nitrogen and oxygen atoms in total. The van der Waals surface area contributed by atoms with Crippen LogP contribution in [-0.2, 0) is 13.1 Å². The van der Waals surface area contributed by atoms with Crippen LogP contribution in [-0.4, -0.2) is 21.3 Å². The summed E-state index contributed by atoms with van der Waals surface area (Å²) in [5, 5.41) is 7.52. The van der Waals surface area contributed by atoms with Crippen molar-refractivity contribution in [2.24, 2.45) is 0 Å². The first-order chi connectivity index (χ1) is 8.29. The molecule has 2 rings (SSSR count). The van der Waals surface area contributed by atoms with E-state index in [4.69, 9.17) is 0 Å². The van der Waals surface area contributed by atoms with Gasteiger partial charge in [-0.3, -0.25) is 0 Å². The summed E-state index contributed by atoms with van der Waals surface area (Å²) >= 11 is 0. The highest BCUT2D eigenvalue weighted by Gasteiger charge is 2.04. The molecule has 1 N–H and O–H groups in total. The average Bonchev–Trinajstić information content (AvgIpc) is 2.74. The quantitative estimate of drug-likeness (QED) is 0.851. The summed E-state index contributed by atoms with van der Waals surface area (Å²) in [6, 6.07) is 8.47. The van der Waals surface area contributed by atoms with E-state index < -0.39 is 0 Å². The smallest absolute Gasteiger partial charge is 0.141 e. The lowest BCUT2D eigenvalue weighted by atomic mass is 10.1. The third kappa shape index (κ3) is 3.14. The fourth-order valence-corrected chi connectivity index (χ4v) is 1.78. The first kappa shape index (κ1) is 11.8. The van der Waals surface area contributed by atoms with Crippen LogP contribution in [0.3, 0.4) is 0 Å². The molecule has 0 amide bonds. The van der Waals surface area contributed by atoms with Crippen molar-refractivity contribution in [2.45, 2.75) is 26.9 Å². The van der Waals surface area contributed by atoms with Gasteiger partial charge in [-0.2, -0.15) is 5.10 Å². The van der Waals surface area contributed by atoms with Crippen LogP contribution < -0.4 is 5.32 Å². The summed E-state index contributed by atoms with van der Waals surface area (Å²) in [6.45, 7) is 6.67. The topological polar surface area (TPSA) is 42.7 Å². The Morgan fingerprint density at radius 1 is 1.35 bits per heavy atom. The van der Waals surface area contributed by atoms with Crippen LogP contribution in [0, 0.1) is 6.92 Å². The summed E-state index contributed by atoms with van der Waals surface area (Å²) in [5.74, 6) is 0.980. The maximum atomic E-state index is 4.26. The van der Waals surface area contributed by atoms with Crippen molar-refractivity contribution in [2.75, 3.05) is 6.54 Å².